The molecule has 1 aromatic heterocycles. The van der Waals surface area contributed by atoms with Gasteiger partial charge in [0, 0.05) is 5.56 Å². The molecule has 4 rings (SSSR count). The molecule has 0 spiro atoms. The Hall–Kier alpha value is -3.22. The first-order chi connectivity index (χ1) is 13.2. The first kappa shape index (κ1) is 17.2. The van der Waals surface area contributed by atoms with Crippen LogP contribution < -0.4 is 10.1 Å². The second-order valence-electron chi connectivity index (χ2n) is 6.75. The minimum Gasteiger partial charge on any atom is -0.497 e. The highest BCUT2D eigenvalue weighted by atomic mass is 16.5. The summed E-state index contributed by atoms with van der Waals surface area (Å²) < 4.78 is 6.85. The van der Waals surface area contributed by atoms with Crippen LogP contribution in [-0.2, 0) is 0 Å². The van der Waals surface area contributed by atoms with Crippen molar-refractivity contribution in [2.24, 2.45) is 5.92 Å². The lowest BCUT2D eigenvalue weighted by atomic mass is 10.0. The molecule has 0 saturated heterocycles. The molecule has 7 heteroatoms. The van der Waals surface area contributed by atoms with Gasteiger partial charge in [0.2, 0.25) is 0 Å². The lowest BCUT2D eigenvalue weighted by Gasteiger charge is -2.19. The number of nitrogens with zero attached hydrogens (tertiary/aromatic N) is 4. The van der Waals surface area contributed by atoms with E-state index in [-0.39, 0.29) is 11.9 Å². The maximum atomic E-state index is 12.8. The molecule has 0 radical (unpaired) electrons. The molecule has 1 aliphatic rings. The summed E-state index contributed by atoms with van der Waals surface area (Å²) >= 11 is 0. The van der Waals surface area contributed by atoms with Gasteiger partial charge in [0.15, 0.2) is 5.82 Å². The Morgan fingerprint density at radius 3 is 2.41 bits per heavy atom. The fourth-order valence-corrected chi connectivity index (χ4v) is 3.16. The smallest absolute Gasteiger partial charge is 0.251 e. The number of ether oxygens (including phenoxy) is 1. The van der Waals surface area contributed by atoms with Crippen LogP contribution in [0.2, 0.25) is 0 Å². The van der Waals surface area contributed by atoms with Crippen LogP contribution >= 0.6 is 0 Å². The second-order valence-corrected chi connectivity index (χ2v) is 6.75. The van der Waals surface area contributed by atoms with E-state index in [0.717, 1.165) is 29.8 Å². The molecule has 7 nitrogen and oxygen atoms in total. The molecule has 0 aliphatic heterocycles. The summed E-state index contributed by atoms with van der Waals surface area (Å²) in [5.74, 6) is 1.92. The molecule has 1 saturated carbocycles. The number of aromatic nitrogens is 4. The van der Waals surface area contributed by atoms with Crippen molar-refractivity contribution in [1.82, 2.24) is 25.5 Å². The van der Waals surface area contributed by atoms with Crippen LogP contribution in [0, 0.1) is 12.8 Å². The van der Waals surface area contributed by atoms with Gasteiger partial charge < -0.3 is 10.1 Å². The van der Waals surface area contributed by atoms with Crippen LogP contribution in [0.1, 0.15) is 40.6 Å². The van der Waals surface area contributed by atoms with Crippen LogP contribution in [0.3, 0.4) is 0 Å². The average Bonchev–Trinajstić information content (AvgIpc) is 3.46. The topological polar surface area (TPSA) is 81.9 Å². The summed E-state index contributed by atoms with van der Waals surface area (Å²) in [6.45, 7) is 1.83. The third-order valence-corrected chi connectivity index (χ3v) is 4.85. The summed E-state index contributed by atoms with van der Waals surface area (Å²) in [7, 11) is 1.65. The molecule has 3 aromatic rings. The van der Waals surface area contributed by atoms with Crippen molar-refractivity contribution in [2.45, 2.75) is 25.8 Å². The zero-order chi connectivity index (χ0) is 18.8. The number of tetrazole rings is 1. The predicted molar refractivity (Wildman–Crippen MR) is 99.8 cm³/mol. The van der Waals surface area contributed by atoms with E-state index in [9.17, 15) is 4.79 Å². The molecule has 1 heterocycles. The number of rotatable bonds is 6. The lowest BCUT2D eigenvalue weighted by molar-refractivity contribution is 0.0931. The van der Waals surface area contributed by atoms with E-state index in [1.807, 2.05) is 43.3 Å². The molecule has 0 bridgehead atoms. The fourth-order valence-electron chi connectivity index (χ4n) is 3.16. The highest BCUT2D eigenvalue weighted by molar-refractivity contribution is 5.94. The van der Waals surface area contributed by atoms with Crippen molar-refractivity contribution in [3.05, 3.63) is 65.5 Å². The maximum Gasteiger partial charge on any atom is 0.251 e. The van der Waals surface area contributed by atoms with Gasteiger partial charge in [-0.05, 0) is 78.1 Å². The number of hydrogen-bond acceptors (Lipinski definition) is 5. The van der Waals surface area contributed by atoms with Crippen molar-refractivity contribution in [1.29, 1.82) is 0 Å². The Labute approximate surface area is 157 Å². The Kier molecular flexibility index (Phi) is 4.58. The van der Waals surface area contributed by atoms with Gasteiger partial charge >= 0.3 is 0 Å². The number of carbonyl (C=O) groups is 1. The summed E-state index contributed by atoms with van der Waals surface area (Å²) in [6, 6.07) is 15.2. The number of hydrogen-bond donors (Lipinski definition) is 1. The number of nitrogens with one attached hydrogen (secondary N) is 1. The number of benzene rings is 2. The SMILES string of the molecule is COc1ccc([C@@H](NC(=O)c2ccc(-n3nnnc3C)cc2)C2CC2)cc1. The van der Waals surface area contributed by atoms with Gasteiger partial charge in [-0.3, -0.25) is 4.79 Å². The number of methoxy groups -OCH3 is 1. The van der Waals surface area contributed by atoms with E-state index >= 15 is 0 Å². The summed E-state index contributed by atoms with van der Waals surface area (Å²) in [6.07, 6.45) is 2.27. The molecule has 138 valence electrons. The maximum absolute atomic E-state index is 12.8. The summed E-state index contributed by atoms with van der Waals surface area (Å²) in [5, 5.41) is 14.6. The molecular formula is C20H21N5O2. The molecule has 1 N–H and O–H groups in total. The molecule has 27 heavy (non-hydrogen) atoms. The predicted octanol–water partition coefficient (Wildman–Crippen LogP) is 2.86. The van der Waals surface area contributed by atoms with Crippen molar-refractivity contribution in [3.8, 4) is 11.4 Å². The lowest BCUT2D eigenvalue weighted by Crippen LogP contribution is -2.29. The second kappa shape index (κ2) is 7.19. The van der Waals surface area contributed by atoms with Gasteiger partial charge in [0.1, 0.15) is 5.75 Å². The van der Waals surface area contributed by atoms with Crippen LogP contribution in [-0.4, -0.2) is 33.2 Å². The normalized spacial score (nSPS) is 14.6. The third-order valence-electron chi connectivity index (χ3n) is 4.85. The van der Waals surface area contributed by atoms with E-state index in [0.29, 0.717) is 17.3 Å². The number of amides is 1. The monoisotopic (exact) mass is 363 g/mol. The van der Waals surface area contributed by atoms with E-state index in [1.54, 1.807) is 23.9 Å². The molecule has 1 atom stereocenters. The molecule has 1 amide bonds. The first-order valence-electron chi connectivity index (χ1n) is 8.96. The van der Waals surface area contributed by atoms with Gasteiger partial charge in [-0.25, -0.2) is 0 Å². The van der Waals surface area contributed by atoms with Gasteiger partial charge in [-0.2, -0.15) is 4.68 Å². The minimum absolute atomic E-state index is 0.0184. The molecule has 2 aromatic carbocycles. The van der Waals surface area contributed by atoms with Crippen LogP contribution in [0.5, 0.6) is 5.75 Å². The fraction of sp³-hybridized carbons (Fsp3) is 0.300. The minimum atomic E-state index is -0.0808. The van der Waals surface area contributed by atoms with E-state index in [2.05, 4.69) is 20.8 Å². The zero-order valence-electron chi connectivity index (χ0n) is 15.3. The largest absolute Gasteiger partial charge is 0.497 e. The average molecular weight is 363 g/mol. The van der Waals surface area contributed by atoms with Gasteiger partial charge in [-0.1, -0.05) is 12.1 Å². The molecule has 1 fully saturated rings. The number of aryl methyl sites for hydroxylation is 1. The van der Waals surface area contributed by atoms with E-state index < -0.39 is 0 Å². The van der Waals surface area contributed by atoms with Gasteiger partial charge in [-0.15, -0.1) is 5.10 Å². The highest BCUT2D eigenvalue weighted by Gasteiger charge is 2.33. The molecular weight excluding hydrogens is 342 g/mol. The van der Waals surface area contributed by atoms with Crippen LogP contribution in [0.15, 0.2) is 48.5 Å². The third kappa shape index (κ3) is 3.67. The van der Waals surface area contributed by atoms with E-state index in [1.165, 1.54) is 0 Å². The number of carbonyl (C=O) groups excluding carboxylic acids is 1. The Bertz CT molecular complexity index is 930. The molecule has 0 unspecified atom stereocenters. The first-order valence-corrected chi connectivity index (χ1v) is 8.96. The van der Waals surface area contributed by atoms with Crippen molar-refractivity contribution < 1.29 is 9.53 Å². The Morgan fingerprint density at radius 2 is 1.85 bits per heavy atom. The zero-order valence-corrected chi connectivity index (χ0v) is 15.3. The van der Waals surface area contributed by atoms with Crippen LogP contribution in [0.25, 0.3) is 5.69 Å². The van der Waals surface area contributed by atoms with Crippen molar-refractivity contribution in [2.75, 3.05) is 7.11 Å². The Balaban J connectivity index is 1.50. The van der Waals surface area contributed by atoms with Gasteiger partial charge in [0.25, 0.3) is 5.91 Å². The summed E-state index contributed by atoms with van der Waals surface area (Å²) in [4.78, 5) is 12.8. The standard InChI is InChI=1S/C20H21N5O2/c1-13-22-23-24-25(13)17-9-5-16(6-10-17)20(26)21-19(14-3-4-14)15-7-11-18(27-2)12-8-15/h5-12,14,19H,3-4H2,1-2H3,(H,21,26)/t19-/m0/s1. The van der Waals surface area contributed by atoms with Crippen molar-refractivity contribution in [3.63, 3.8) is 0 Å². The van der Waals surface area contributed by atoms with E-state index in [4.69, 9.17) is 4.74 Å². The quantitative estimate of drug-likeness (QED) is 0.728. The van der Waals surface area contributed by atoms with Crippen molar-refractivity contribution >= 4 is 5.91 Å². The molecule has 1 aliphatic carbocycles. The van der Waals surface area contributed by atoms with Gasteiger partial charge in [0.05, 0.1) is 18.8 Å². The van der Waals surface area contributed by atoms with Crippen LogP contribution in [0.4, 0.5) is 0 Å². The Morgan fingerprint density at radius 1 is 1.15 bits per heavy atom. The highest BCUT2D eigenvalue weighted by Crippen LogP contribution is 2.41. The summed E-state index contributed by atoms with van der Waals surface area (Å²) in [5.41, 5.74) is 2.54.